The number of primary amides is 1. The van der Waals surface area contributed by atoms with E-state index in [0.717, 1.165) is 37.2 Å². The van der Waals surface area contributed by atoms with Crippen LogP contribution >= 0.6 is 0 Å². The smallest absolute Gasteiger partial charge is 0.259 e. The fraction of sp³-hybridized carbons (Fsp3) is 0.320. The van der Waals surface area contributed by atoms with Crippen LogP contribution in [0.4, 0.5) is 10.1 Å². The van der Waals surface area contributed by atoms with E-state index in [4.69, 9.17) is 5.73 Å². The van der Waals surface area contributed by atoms with Gasteiger partial charge in [0.25, 0.3) is 5.91 Å². The normalized spacial score (nSPS) is 16.5. The highest BCUT2D eigenvalue weighted by Gasteiger charge is 2.24. The van der Waals surface area contributed by atoms with Crippen LogP contribution in [-0.2, 0) is 17.8 Å². The van der Waals surface area contributed by atoms with E-state index < -0.39 is 0 Å². The molecule has 3 N–H and O–H groups in total. The monoisotopic (exact) mass is 449 g/mol. The average Bonchev–Trinajstić information content (AvgIpc) is 3.25. The number of carbonyl (C=O) groups excluding carboxylic acids is 2. The van der Waals surface area contributed by atoms with E-state index in [9.17, 15) is 14.0 Å². The minimum atomic E-state index is -0.321. The van der Waals surface area contributed by atoms with Gasteiger partial charge in [0.2, 0.25) is 5.91 Å². The van der Waals surface area contributed by atoms with E-state index in [2.05, 4.69) is 15.3 Å². The lowest BCUT2D eigenvalue weighted by molar-refractivity contribution is -0.123. The fourth-order valence-corrected chi connectivity index (χ4v) is 4.29. The number of carbonyl (C=O) groups is 2. The third kappa shape index (κ3) is 5.28. The molecule has 1 aliphatic rings. The molecule has 8 heteroatoms. The first kappa shape index (κ1) is 22.7. The number of piperidine rings is 1. The zero-order valence-corrected chi connectivity index (χ0v) is 18.6. The van der Waals surface area contributed by atoms with Gasteiger partial charge in [0.1, 0.15) is 5.82 Å². The van der Waals surface area contributed by atoms with E-state index in [0.29, 0.717) is 29.9 Å². The van der Waals surface area contributed by atoms with Crippen molar-refractivity contribution in [3.63, 3.8) is 0 Å². The average molecular weight is 450 g/mol. The van der Waals surface area contributed by atoms with Crippen LogP contribution in [0.2, 0.25) is 0 Å². The molecule has 0 aliphatic carbocycles. The van der Waals surface area contributed by atoms with Crippen molar-refractivity contribution in [1.82, 2.24) is 14.7 Å². The van der Waals surface area contributed by atoms with Gasteiger partial charge < -0.3 is 11.1 Å². The molecule has 1 saturated heterocycles. The Balaban J connectivity index is 1.42. The minimum Gasteiger partial charge on any atom is -0.369 e. The SMILES string of the molecule is CCc1c(C(=O)Nc2ccc(CN3CCCC(C(N)=O)C3)cc2)cnn1-c1ccc(F)cc1. The highest BCUT2D eigenvalue weighted by molar-refractivity contribution is 6.05. The Hall–Kier alpha value is -3.52. The van der Waals surface area contributed by atoms with Crippen LogP contribution in [0.25, 0.3) is 5.69 Å². The number of hydrogen-bond donors (Lipinski definition) is 2. The number of anilines is 1. The summed E-state index contributed by atoms with van der Waals surface area (Å²) in [6.45, 7) is 4.32. The molecule has 0 radical (unpaired) electrons. The lowest BCUT2D eigenvalue weighted by atomic mass is 9.97. The van der Waals surface area contributed by atoms with Gasteiger partial charge in [-0.3, -0.25) is 14.5 Å². The van der Waals surface area contributed by atoms with Crippen molar-refractivity contribution < 1.29 is 14.0 Å². The van der Waals surface area contributed by atoms with Gasteiger partial charge in [-0.15, -0.1) is 0 Å². The number of hydrogen-bond acceptors (Lipinski definition) is 4. The second-order valence-corrected chi connectivity index (χ2v) is 8.37. The minimum absolute atomic E-state index is 0.0825. The van der Waals surface area contributed by atoms with E-state index in [-0.39, 0.29) is 23.5 Å². The van der Waals surface area contributed by atoms with E-state index in [1.807, 2.05) is 31.2 Å². The van der Waals surface area contributed by atoms with Gasteiger partial charge in [-0.05, 0) is 67.8 Å². The topological polar surface area (TPSA) is 93.2 Å². The summed E-state index contributed by atoms with van der Waals surface area (Å²) in [6, 6.07) is 13.7. The summed E-state index contributed by atoms with van der Waals surface area (Å²) in [6.07, 6.45) is 3.96. The summed E-state index contributed by atoms with van der Waals surface area (Å²) in [5.41, 5.74) is 9.21. The maximum atomic E-state index is 13.3. The first-order valence-corrected chi connectivity index (χ1v) is 11.2. The Morgan fingerprint density at radius 2 is 1.88 bits per heavy atom. The van der Waals surface area contributed by atoms with Gasteiger partial charge in [-0.25, -0.2) is 9.07 Å². The van der Waals surface area contributed by atoms with Crippen molar-refractivity contribution in [3.05, 3.63) is 77.4 Å². The molecule has 172 valence electrons. The number of likely N-dealkylation sites (tertiary alicyclic amines) is 1. The molecule has 33 heavy (non-hydrogen) atoms. The van der Waals surface area contributed by atoms with Crippen molar-refractivity contribution in [1.29, 1.82) is 0 Å². The number of benzene rings is 2. The summed E-state index contributed by atoms with van der Waals surface area (Å²) < 4.78 is 14.9. The number of nitrogens with two attached hydrogens (primary N) is 1. The van der Waals surface area contributed by atoms with Gasteiger partial charge in [0.15, 0.2) is 0 Å². The molecule has 0 spiro atoms. The zero-order valence-electron chi connectivity index (χ0n) is 18.6. The van der Waals surface area contributed by atoms with Crippen molar-refractivity contribution in [2.75, 3.05) is 18.4 Å². The summed E-state index contributed by atoms with van der Waals surface area (Å²) in [5, 5.41) is 7.27. The van der Waals surface area contributed by atoms with Crippen molar-refractivity contribution in [2.45, 2.75) is 32.7 Å². The number of aromatic nitrogens is 2. The molecule has 0 saturated carbocycles. The van der Waals surface area contributed by atoms with Gasteiger partial charge in [0, 0.05) is 18.8 Å². The van der Waals surface area contributed by atoms with Gasteiger partial charge >= 0.3 is 0 Å². The summed E-state index contributed by atoms with van der Waals surface area (Å²) in [5.74, 6) is -0.875. The third-order valence-corrected chi connectivity index (χ3v) is 6.05. The van der Waals surface area contributed by atoms with E-state index >= 15 is 0 Å². The number of nitrogens with one attached hydrogen (secondary N) is 1. The van der Waals surface area contributed by atoms with Crippen LogP contribution in [0.1, 0.15) is 41.4 Å². The maximum Gasteiger partial charge on any atom is 0.259 e. The molecule has 1 atom stereocenters. The van der Waals surface area contributed by atoms with Crippen molar-refractivity contribution in [2.24, 2.45) is 11.7 Å². The Morgan fingerprint density at radius 1 is 1.15 bits per heavy atom. The Kier molecular flexibility index (Phi) is 6.84. The number of halogens is 1. The summed E-state index contributed by atoms with van der Waals surface area (Å²) in [7, 11) is 0. The molecule has 2 heterocycles. The Labute approximate surface area is 192 Å². The lowest BCUT2D eigenvalue weighted by Gasteiger charge is -2.31. The quantitative estimate of drug-likeness (QED) is 0.577. The standard InChI is InChI=1S/C25H28FN5O2/c1-2-23-22(14-28-31(23)21-11-7-19(26)8-12-21)25(33)29-20-9-5-17(6-10-20)15-30-13-3-4-18(16-30)24(27)32/h5-12,14,18H,2-4,13,15-16H2,1H3,(H2,27,32)(H,29,33). The van der Waals surface area contributed by atoms with Crippen LogP contribution < -0.4 is 11.1 Å². The van der Waals surface area contributed by atoms with Crippen LogP contribution in [0, 0.1) is 11.7 Å². The lowest BCUT2D eigenvalue weighted by Crippen LogP contribution is -2.40. The first-order valence-electron chi connectivity index (χ1n) is 11.2. The van der Waals surface area contributed by atoms with Crippen LogP contribution in [0.3, 0.4) is 0 Å². The number of amides is 2. The molecular formula is C25H28FN5O2. The van der Waals surface area contributed by atoms with Gasteiger partial charge in [-0.1, -0.05) is 19.1 Å². The first-order chi connectivity index (χ1) is 15.9. The van der Waals surface area contributed by atoms with Crippen LogP contribution in [0.5, 0.6) is 0 Å². The molecule has 2 amide bonds. The van der Waals surface area contributed by atoms with Crippen molar-refractivity contribution >= 4 is 17.5 Å². The van der Waals surface area contributed by atoms with Crippen LogP contribution in [0.15, 0.2) is 54.7 Å². The Bertz CT molecular complexity index is 1120. The van der Waals surface area contributed by atoms with E-state index in [1.54, 1.807) is 16.8 Å². The number of rotatable bonds is 7. The molecule has 1 aromatic heterocycles. The fourth-order valence-electron chi connectivity index (χ4n) is 4.29. The second-order valence-electron chi connectivity index (χ2n) is 8.37. The highest BCUT2D eigenvalue weighted by atomic mass is 19.1. The molecule has 1 aliphatic heterocycles. The van der Waals surface area contributed by atoms with Gasteiger partial charge in [0.05, 0.1) is 29.1 Å². The maximum absolute atomic E-state index is 13.3. The molecule has 7 nitrogen and oxygen atoms in total. The predicted molar refractivity (Wildman–Crippen MR) is 124 cm³/mol. The predicted octanol–water partition coefficient (Wildman–Crippen LogP) is 3.52. The zero-order chi connectivity index (χ0) is 23.4. The second kappa shape index (κ2) is 9.95. The summed E-state index contributed by atoms with van der Waals surface area (Å²) >= 11 is 0. The molecule has 1 unspecified atom stereocenters. The molecule has 0 bridgehead atoms. The van der Waals surface area contributed by atoms with Crippen LogP contribution in [-0.4, -0.2) is 39.6 Å². The molecule has 3 aromatic rings. The number of nitrogens with zero attached hydrogens (tertiary/aromatic N) is 3. The van der Waals surface area contributed by atoms with Crippen molar-refractivity contribution in [3.8, 4) is 5.69 Å². The molecular weight excluding hydrogens is 421 g/mol. The molecule has 2 aromatic carbocycles. The van der Waals surface area contributed by atoms with E-state index in [1.165, 1.54) is 18.3 Å². The molecule has 4 rings (SSSR count). The highest BCUT2D eigenvalue weighted by Crippen LogP contribution is 2.21. The Morgan fingerprint density at radius 3 is 2.55 bits per heavy atom. The largest absolute Gasteiger partial charge is 0.369 e. The third-order valence-electron chi connectivity index (χ3n) is 6.05. The van der Waals surface area contributed by atoms with Gasteiger partial charge in [-0.2, -0.15) is 5.10 Å². The summed E-state index contributed by atoms with van der Waals surface area (Å²) in [4.78, 5) is 26.7. The molecule has 1 fully saturated rings.